The van der Waals surface area contributed by atoms with Crippen LogP contribution in [0.1, 0.15) is 33.2 Å². The third kappa shape index (κ3) is 4.16. The number of hydrogen-bond donors (Lipinski definition) is 3. The van der Waals surface area contributed by atoms with Crippen LogP contribution in [0.2, 0.25) is 0 Å². The van der Waals surface area contributed by atoms with Gasteiger partial charge < -0.3 is 16.4 Å². The average Bonchev–Trinajstić information content (AvgIpc) is 2.49. The number of benzene rings is 2. The molecule has 3 amide bonds. The fourth-order valence-electron chi connectivity index (χ4n) is 2.04. The molecule has 0 spiro atoms. The normalized spacial score (nSPS) is 10.0. The highest BCUT2D eigenvalue weighted by Gasteiger charge is 2.11. The van der Waals surface area contributed by atoms with Crippen LogP contribution in [0, 0.1) is 6.92 Å². The molecule has 6 heteroatoms. The van der Waals surface area contributed by atoms with Gasteiger partial charge in [0.25, 0.3) is 5.91 Å². The summed E-state index contributed by atoms with van der Waals surface area (Å²) in [5.74, 6) is -1.13. The van der Waals surface area contributed by atoms with Crippen molar-refractivity contribution in [3.05, 3.63) is 59.2 Å². The Morgan fingerprint density at radius 2 is 1.48 bits per heavy atom. The van der Waals surface area contributed by atoms with Crippen LogP contribution in [-0.4, -0.2) is 17.7 Å². The standard InChI is InChI=1S/C17H17N3O3/c1-10-3-8-14(19-11(2)21)15(9-10)20-17(23)13-6-4-12(5-7-13)16(18)22/h3-9H,1-2H3,(H2,18,22)(H,19,21)(H,20,23). The second-order valence-electron chi connectivity index (χ2n) is 5.13. The number of nitrogens with two attached hydrogens (primary N) is 1. The first-order valence-corrected chi connectivity index (χ1v) is 6.96. The quantitative estimate of drug-likeness (QED) is 0.807. The highest BCUT2D eigenvalue weighted by molar-refractivity contribution is 6.07. The number of anilines is 2. The summed E-state index contributed by atoms with van der Waals surface area (Å²) in [6.45, 7) is 3.28. The molecule has 23 heavy (non-hydrogen) atoms. The van der Waals surface area contributed by atoms with Crippen molar-refractivity contribution in [1.29, 1.82) is 0 Å². The lowest BCUT2D eigenvalue weighted by atomic mass is 10.1. The van der Waals surface area contributed by atoms with Gasteiger partial charge >= 0.3 is 0 Å². The van der Waals surface area contributed by atoms with E-state index in [9.17, 15) is 14.4 Å². The zero-order valence-corrected chi connectivity index (χ0v) is 12.8. The molecular formula is C17H17N3O3. The van der Waals surface area contributed by atoms with Crippen LogP contribution in [0.5, 0.6) is 0 Å². The highest BCUT2D eigenvalue weighted by Crippen LogP contribution is 2.24. The number of primary amides is 1. The minimum absolute atomic E-state index is 0.227. The van der Waals surface area contributed by atoms with Crippen LogP contribution < -0.4 is 16.4 Å². The summed E-state index contributed by atoms with van der Waals surface area (Å²) in [6, 6.07) is 11.3. The third-order valence-electron chi connectivity index (χ3n) is 3.17. The molecule has 0 atom stereocenters. The van der Waals surface area contributed by atoms with Crippen molar-refractivity contribution in [3.8, 4) is 0 Å². The van der Waals surface area contributed by atoms with Gasteiger partial charge in [-0.3, -0.25) is 14.4 Å². The number of carbonyl (C=O) groups is 3. The molecule has 0 radical (unpaired) electrons. The Balaban J connectivity index is 2.24. The van der Waals surface area contributed by atoms with Crippen LogP contribution in [0.25, 0.3) is 0 Å². The van der Waals surface area contributed by atoms with E-state index in [-0.39, 0.29) is 11.8 Å². The fourth-order valence-corrected chi connectivity index (χ4v) is 2.04. The summed E-state index contributed by atoms with van der Waals surface area (Å²) >= 11 is 0. The van der Waals surface area contributed by atoms with Crippen molar-refractivity contribution in [3.63, 3.8) is 0 Å². The summed E-state index contributed by atoms with van der Waals surface area (Å²) in [4.78, 5) is 34.6. The first kappa shape index (κ1) is 16.2. The number of carbonyl (C=O) groups excluding carboxylic acids is 3. The monoisotopic (exact) mass is 311 g/mol. The van der Waals surface area contributed by atoms with Crippen molar-refractivity contribution in [2.24, 2.45) is 5.73 Å². The maximum absolute atomic E-state index is 12.3. The molecular weight excluding hydrogens is 294 g/mol. The summed E-state index contributed by atoms with van der Waals surface area (Å²) in [7, 11) is 0. The van der Waals surface area contributed by atoms with Gasteiger partial charge in [0.05, 0.1) is 11.4 Å². The topological polar surface area (TPSA) is 101 Å². The lowest BCUT2D eigenvalue weighted by Gasteiger charge is -2.12. The van der Waals surface area contributed by atoms with Gasteiger partial charge in [0.15, 0.2) is 0 Å². The van der Waals surface area contributed by atoms with Crippen LogP contribution in [0.15, 0.2) is 42.5 Å². The van der Waals surface area contributed by atoms with Crippen molar-refractivity contribution >= 4 is 29.1 Å². The summed E-state index contributed by atoms with van der Waals surface area (Å²) in [6.07, 6.45) is 0. The second-order valence-corrected chi connectivity index (χ2v) is 5.13. The first-order valence-electron chi connectivity index (χ1n) is 6.96. The van der Waals surface area contributed by atoms with E-state index in [0.29, 0.717) is 22.5 Å². The van der Waals surface area contributed by atoms with Crippen molar-refractivity contribution in [2.75, 3.05) is 10.6 Å². The van der Waals surface area contributed by atoms with Crippen molar-refractivity contribution < 1.29 is 14.4 Å². The van der Waals surface area contributed by atoms with E-state index in [1.165, 1.54) is 31.2 Å². The summed E-state index contributed by atoms with van der Waals surface area (Å²) in [5, 5.41) is 5.42. The van der Waals surface area contributed by atoms with E-state index in [1.54, 1.807) is 12.1 Å². The lowest BCUT2D eigenvalue weighted by molar-refractivity contribution is -0.114. The minimum atomic E-state index is -0.552. The molecule has 4 N–H and O–H groups in total. The summed E-state index contributed by atoms with van der Waals surface area (Å²) in [5.41, 5.74) is 7.84. The average molecular weight is 311 g/mol. The molecule has 0 fully saturated rings. The van der Waals surface area contributed by atoms with Gasteiger partial charge in [-0.05, 0) is 48.9 Å². The van der Waals surface area contributed by atoms with E-state index >= 15 is 0 Å². The second kappa shape index (κ2) is 6.74. The van der Waals surface area contributed by atoms with Gasteiger partial charge in [0.1, 0.15) is 0 Å². The van der Waals surface area contributed by atoms with Gasteiger partial charge in [-0.2, -0.15) is 0 Å². The molecule has 0 aromatic heterocycles. The molecule has 0 bridgehead atoms. The Morgan fingerprint density at radius 1 is 0.870 bits per heavy atom. The summed E-state index contributed by atoms with van der Waals surface area (Å²) < 4.78 is 0. The molecule has 0 aliphatic carbocycles. The Morgan fingerprint density at radius 3 is 2.04 bits per heavy atom. The number of hydrogen-bond acceptors (Lipinski definition) is 3. The molecule has 0 saturated heterocycles. The Bertz CT molecular complexity index is 767. The number of nitrogens with one attached hydrogen (secondary N) is 2. The minimum Gasteiger partial charge on any atom is -0.366 e. The van der Waals surface area contributed by atoms with Crippen LogP contribution in [0.4, 0.5) is 11.4 Å². The number of rotatable bonds is 4. The van der Waals surface area contributed by atoms with Gasteiger partial charge in [0, 0.05) is 18.1 Å². The molecule has 2 aromatic carbocycles. The predicted octanol–water partition coefficient (Wildman–Crippen LogP) is 2.30. The predicted molar refractivity (Wildman–Crippen MR) is 88.4 cm³/mol. The molecule has 118 valence electrons. The molecule has 0 saturated carbocycles. The number of amides is 3. The van der Waals surface area contributed by atoms with Crippen LogP contribution in [0.3, 0.4) is 0 Å². The zero-order valence-electron chi connectivity index (χ0n) is 12.8. The van der Waals surface area contributed by atoms with Gasteiger partial charge in [0.2, 0.25) is 11.8 Å². The van der Waals surface area contributed by atoms with Crippen molar-refractivity contribution in [1.82, 2.24) is 0 Å². The molecule has 0 unspecified atom stereocenters. The maximum Gasteiger partial charge on any atom is 0.255 e. The Kier molecular flexibility index (Phi) is 4.75. The molecule has 6 nitrogen and oxygen atoms in total. The number of aryl methyl sites for hydroxylation is 1. The van der Waals surface area contributed by atoms with E-state index in [4.69, 9.17) is 5.73 Å². The third-order valence-corrected chi connectivity index (χ3v) is 3.17. The SMILES string of the molecule is CC(=O)Nc1ccc(C)cc1NC(=O)c1ccc(C(N)=O)cc1. The van der Waals surface area contributed by atoms with E-state index in [1.807, 2.05) is 13.0 Å². The molecule has 0 aliphatic heterocycles. The van der Waals surface area contributed by atoms with Crippen LogP contribution in [-0.2, 0) is 4.79 Å². The fraction of sp³-hybridized carbons (Fsp3) is 0.118. The van der Waals surface area contributed by atoms with Crippen LogP contribution >= 0.6 is 0 Å². The van der Waals surface area contributed by atoms with Gasteiger partial charge in [-0.1, -0.05) is 6.07 Å². The first-order chi connectivity index (χ1) is 10.9. The largest absolute Gasteiger partial charge is 0.366 e. The molecule has 0 heterocycles. The van der Waals surface area contributed by atoms with E-state index < -0.39 is 5.91 Å². The smallest absolute Gasteiger partial charge is 0.255 e. The zero-order chi connectivity index (χ0) is 17.0. The van der Waals surface area contributed by atoms with E-state index in [0.717, 1.165) is 5.56 Å². The molecule has 2 rings (SSSR count). The van der Waals surface area contributed by atoms with E-state index in [2.05, 4.69) is 10.6 Å². The highest BCUT2D eigenvalue weighted by atomic mass is 16.2. The van der Waals surface area contributed by atoms with Gasteiger partial charge in [-0.15, -0.1) is 0 Å². The van der Waals surface area contributed by atoms with Gasteiger partial charge in [-0.25, -0.2) is 0 Å². The molecule has 2 aromatic rings. The Labute approximate surface area is 133 Å². The maximum atomic E-state index is 12.3. The molecule has 0 aliphatic rings. The van der Waals surface area contributed by atoms with Crippen molar-refractivity contribution in [2.45, 2.75) is 13.8 Å². The Hall–Kier alpha value is -3.15. The lowest BCUT2D eigenvalue weighted by Crippen LogP contribution is -2.16.